The van der Waals surface area contributed by atoms with E-state index in [1.807, 2.05) is 39.3 Å². The Morgan fingerprint density at radius 2 is 2.00 bits per heavy atom. The minimum absolute atomic E-state index is 0.672. The van der Waals surface area contributed by atoms with E-state index in [-0.39, 0.29) is 0 Å². The standard InChI is InChI=1S/C12H16N4/c1-15(2)10-6-4-5-9(7-10)11-8-12(13)16(3)14-11/h4-8H,13H2,1-3H3. The van der Waals surface area contributed by atoms with Crippen LogP contribution in [0.4, 0.5) is 11.5 Å². The van der Waals surface area contributed by atoms with E-state index in [0.717, 1.165) is 16.9 Å². The molecule has 0 saturated carbocycles. The molecule has 4 nitrogen and oxygen atoms in total. The monoisotopic (exact) mass is 216 g/mol. The number of nitrogen functional groups attached to an aromatic ring is 1. The van der Waals surface area contributed by atoms with E-state index < -0.39 is 0 Å². The molecule has 2 aromatic rings. The Bertz CT molecular complexity index is 480. The maximum Gasteiger partial charge on any atom is 0.121 e. The summed E-state index contributed by atoms with van der Waals surface area (Å²) in [7, 11) is 5.88. The van der Waals surface area contributed by atoms with Gasteiger partial charge in [0, 0.05) is 38.5 Å². The molecule has 0 fully saturated rings. The summed E-state index contributed by atoms with van der Waals surface area (Å²) in [5, 5.41) is 4.35. The first-order valence-corrected chi connectivity index (χ1v) is 5.15. The van der Waals surface area contributed by atoms with Gasteiger partial charge in [-0.05, 0) is 12.1 Å². The number of nitrogens with two attached hydrogens (primary N) is 1. The van der Waals surface area contributed by atoms with Crippen LogP contribution in [0.3, 0.4) is 0 Å². The van der Waals surface area contributed by atoms with Gasteiger partial charge in [0.05, 0.1) is 5.69 Å². The van der Waals surface area contributed by atoms with Crippen LogP contribution in [0, 0.1) is 0 Å². The van der Waals surface area contributed by atoms with E-state index in [4.69, 9.17) is 5.73 Å². The van der Waals surface area contributed by atoms with Gasteiger partial charge in [0.2, 0.25) is 0 Å². The first kappa shape index (κ1) is 10.5. The minimum Gasteiger partial charge on any atom is -0.384 e. The topological polar surface area (TPSA) is 47.1 Å². The average molecular weight is 216 g/mol. The molecule has 1 aromatic heterocycles. The Labute approximate surface area is 95.3 Å². The third kappa shape index (κ3) is 1.86. The van der Waals surface area contributed by atoms with Crippen LogP contribution in [-0.2, 0) is 7.05 Å². The largest absolute Gasteiger partial charge is 0.384 e. The number of anilines is 2. The van der Waals surface area contributed by atoms with E-state index in [1.165, 1.54) is 0 Å². The summed E-state index contributed by atoms with van der Waals surface area (Å²) >= 11 is 0. The predicted octanol–water partition coefficient (Wildman–Crippen LogP) is 1.74. The molecule has 0 spiro atoms. The predicted molar refractivity (Wildman–Crippen MR) is 67.4 cm³/mol. The van der Waals surface area contributed by atoms with Crippen molar-refractivity contribution >= 4 is 11.5 Å². The zero-order valence-electron chi connectivity index (χ0n) is 9.81. The molecular weight excluding hydrogens is 200 g/mol. The number of nitrogens with zero attached hydrogens (tertiary/aromatic N) is 3. The summed E-state index contributed by atoms with van der Waals surface area (Å²) in [6.45, 7) is 0. The van der Waals surface area contributed by atoms with Crippen molar-refractivity contribution in [1.29, 1.82) is 0 Å². The SMILES string of the molecule is CN(C)c1cccc(-c2cc(N)n(C)n2)c1. The lowest BCUT2D eigenvalue weighted by atomic mass is 10.1. The number of aryl methyl sites for hydroxylation is 1. The van der Waals surface area contributed by atoms with Crippen molar-refractivity contribution in [2.75, 3.05) is 24.7 Å². The van der Waals surface area contributed by atoms with Gasteiger partial charge in [0.25, 0.3) is 0 Å². The molecule has 0 atom stereocenters. The molecule has 0 aliphatic rings. The Balaban J connectivity index is 2.44. The van der Waals surface area contributed by atoms with E-state index in [1.54, 1.807) is 4.68 Å². The number of benzene rings is 1. The molecule has 0 amide bonds. The normalized spacial score (nSPS) is 10.4. The van der Waals surface area contributed by atoms with E-state index >= 15 is 0 Å². The minimum atomic E-state index is 0.672. The molecule has 0 aliphatic heterocycles. The van der Waals surface area contributed by atoms with Crippen molar-refractivity contribution < 1.29 is 0 Å². The highest BCUT2D eigenvalue weighted by molar-refractivity contribution is 5.67. The number of rotatable bonds is 2. The van der Waals surface area contributed by atoms with Crippen LogP contribution in [0.2, 0.25) is 0 Å². The second-order valence-corrected chi connectivity index (χ2v) is 4.02. The van der Waals surface area contributed by atoms with Crippen LogP contribution >= 0.6 is 0 Å². The molecule has 0 radical (unpaired) electrons. The number of aromatic nitrogens is 2. The van der Waals surface area contributed by atoms with E-state index in [9.17, 15) is 0 Å². The number of hydrogen-bond acceptors (Lipinski definition) is 3. The second kappa shape index (κ2) is 3.89. The summed E-state index contributed by atoms with van der Waals surface area (Å²) in [5.41, 5.74) is 8.91. The highest BCUT2D eigenvalue weighted by Gasteiger charge is 2.05. The smallest absolute Gasteiger partial charge is 0.121 e. The van der Waals surface area contributed by atoms with Crippen LogP contribution in [-0.4, -0.2) is 23.9 Å². The molecular formula is C12H16N4. The van der Waals surface area contributed by atoms with Gasteiger partial charge in [0.1, 0.15) is 5.82 Å². The van der Waals surface area contributed by atoms with Crippen molar-refractivity contribution in [2.24, 2.45) is 7.05 Å². The molecule has 2 rings (SSSR count). The Hall–Kier alpha value is -1.97. The van der Waals surface area contributed by atoms with Gasteiger partial charge in [-0.15, -0.1) is 0 Å². The van der Waals surface area contributed by atoms with Crippen molar-refractivity contribution in [3.8, 4) is 11.3 Å². The number of hydrogen-bond donors (Lipinski definition) is 1. The third-order valence-electron chi connectivity index (χ3n) is 2.57. The average Bonchev–Trinajstić information content (AvgIpc) is 2.59. The van der Waals surface area contributed by atoms with Gasteiger partial charge in [0.15, 0.2) is 0 Å². The molecule has 0 saturated heterocycles. The van der Waals surface area contributed by atoms with E-state index in [2.05, 4.69) is 22.1 Å². The zero-order valence-corrected chi connectivity index (χ0v) is 9.81. The lowest BCUT2D eigenvalue weighted by molar-refractivity contribution is 0.782. The lowest BCUT2D eigenvalue weighted by Crippen LogP contribution is -2.08. The van der Waals surface area contributed by atoms with Crippen molar-refractivity contribution in [3.05, 3.63) is 30.3 Å². The molecule has 0 bridgehead atoms. The van der Waals surface area contributed by atoms with Crippen molar-refractivity contribution in [3.63, 3.8) is 0 Å². The molecule has 4 heteroatoms. The maximum absolute atomic E-state index is 5.77. The fourth-order valence-corrected chi connectivity index (χ4v) is 1.57. The molecule has 84 valence electrons. The lowest BCUT2D eigenvalue weighted by Gasteiger charge is -2.12. The van der Waals surface area contributed by atoms with Crippen LogP contribution in [0.1, 0.15) is 0 Å². The van der Waals surface area contributed by atoms with E-state index in [0.29, 0.717) is 5.82 Å². The Kier molecular flexibility index (Phi) is 2.56. The molecule has 2 N–H and O–H groups in total. The van der Waals surface area contributed by atoms with Crippen LogP contribution < -0.4 is 10.6 Å². The first-order chi connectivity index (χ1) is 7.58. The van der Waals surface area contributed by atoms with Crippen molar-refractivity contribution in [1.82, 2.24) is 9.78 Å². The summed E-state index contributed by atoms with van der Waals surface area (Å²) in [6, 6.07) is 10.1. The van der Waals surface area contributed by atoms with Crippen molar-refractivity contribution in [2.45, 2.75) is 0 Å². The molecule has 16 heavy (non-hydrogen) atoms. The fourth-order valence-electron chi connectivity index (χ4n) is 1.57. The Morgan fingerprint density at radius 1 is 1.25 bits per heavy atom. The third-order valence-corrected chi connectivity index (χ3v) is 2.57. The molecule has 0 aliphatic carbocycles. The fraction of sp³-hybridized carbons (Fsp3) is 0.250. The maximum atomic E-state index is 5.77. The van der Waals surface area contributed by atoms with Crippen LogP contribution in [0.25, 0.3) is 11.3 Å². The highest BCUT2D eigenvalue weighted by atomic mass is 15.3. The zero-order chi connectivity index (χ0) is 11.7. The quantitative estimate of drug-likeness (QED) is 0.831. The summed E-state index contributed by atoms with van der Waals surface area (Å²) in [6.07, 6.45) is 0. The van der Waals surface area contributed by atoms with Gasteiger partial charge in [-0.1, -0.05) is 12.1 Å². The van der Waals surface area contributed by atoms with Gasteiger partial charge in [-0.3, -0.25) is 4.68 Å². The second-order valence-electron chi connectivity index (χ2n) is 4.02. The first-order valence-electron chi connectivity index (χ1n) is 5.15. The summed E-state index contributed by atoms with van der Waals surface area (Å²) in [4.78, 5) is 2.07. The van der Waals surface area contributed by atoms with Gasteiger partial charge >= 0.3 is 0 Å². The Morgan fingerprint density at radius 3 is 2.56 bits per heavy atom. The van der Waals surface area contributed by atoms with Crippen LogP contribution in [0.15, 0.2) is 30.3 Å². The summed E-state index contributed by atoms with van der Waals surface area (Å²) < 4.78 is 1.68. The van der Waals surface area contributed by atoms with Gasteiger partial charge in [-0.25, -0.2) is 0 Å². The highest BCUT2D eigenvalue weighted by Crippen LogP contribution is 2.23. The molecule has 1 aromatic carbocycles. The summed E-state index contributed by atoms with van der Waals surface area (Å²) in [5.74, 6) is 0.672. The van der Waals surface area contributed by atoms with Crippen LogP contribution in [0.5, 0.6) is 0 Å². The van der Waals surface area contributed by atoms with Gasteiger partial charge in [-0.2, -0.15) is 5.10 Å². The molecule has 0 unspecified atom stereocenters. The molecule has 1 heterocycles. The van der Waals surface area contributed by atoms with Gasteiger partial charge < -0.3 is 10.6 Å².